The Kier molecular flexibility index (Phi) is 5.15. The van der Waals surface area contributed by atoms with E-state index in [9.17, 15) is 9.18 Å². The van der Waals surface area contributed by atoms with Crippen LogP contribution in [0.15, 0.2) is 30.5 Å². The van der Waals surface area contributed by atoms with Gasteiger partial charge in [-0.2, -0.15) is 5.10 Å². The highest BCUT2D eigenvalue weighted by Gasteiger charge is 2.26. The molecule has 0 saturated carbocycles. The molecule has 2 heterocycles. The molecule has 0 aliphatic carbocycles. The molecular formula is C15H18ClFN4O. The smallest absolute Gasteiger partial charge is 0.257 e. The highest BCUT2D eigenvalue weighted by molar-refractivity contribution is 5.99. The first kappa shape index (κ1) is 16.5. The van der Waals surface area contributed by atoms with Crippen LogP contribution in [0.5, 0.6) is 0 Å². The van der Waals surface area contributed by atoms with Gasteiger partial charge in [0.2, 0.25) is 0 Å². The second-order valence-corrected chi connectivity index (χ2v) is 5.29. The van der Waals surface area contributed by atoms with Gasteiger partial charge in [0.1, 0.15) is 5.82 Å². The molecule has 5 nitrogen and oxygen atoms in total. The molecule has 1 aromatic carbocycles. The molecule has 1 aliphatic heterocycles. The topological polar surface area (TPSA) is 75.0 Å². The number of amides is 1. The third kappa shape index (κ3) is 3.13. The molecule has 1 aromatic heterocycles. The van der Waals surface area contributed by atoms with E-state index in [1.165, 1.54) is 12.3 Å². The number of likely N-dealkylation sites (tertiary alicyclic amines) is 1. The summed E-state index contributed by atoms with van der Waals surface area (Å²) in [5, 5.41) is 6.63. The molecule has 1 unspecified atom stereocenters. The molecule has 3 N–H and O–H groups in total. The number of nitrogens with two attached hydrogens (primary N) is 1. The number of hydrogen-bond donors (Lipinski definition) is 2. The van der Waals surface area contributed by atoms with Gasteiger partial charge in [0.15, 0.2) is 0 Å². The van der Waals surface area contributed by atoms with Crippen LogP contribution in [0.4, 0.5) is 4.39 Å². The number of halogens is 2. The summed E-state index contributed by atoms with van der Waals surface area (Å²) >= 11 is 0. The standard InChI is InChI=1S/C15H17FN4O.ClH/c16-13-6-2-1-5-11(13)14-12(8-18-19-14)15(21)20-7-3-4-10(17)9-20;/h1-2,5-6,8,10H,3-4,7,9,17H2,(H,18,19);1H. The summed E-state index contributed by atoms with van der Waals surface area (Å²) in [6.45, 7) is 1.20. The number of piperidine rings is 1. The first-order valence-corrected chi connectivity index (χ1v) is 7.00. The van der Waals surface area contributed by atoms with Crippen LogP contribution < -0.4 is 5.73 Å². The van der Waals surface area contributed by atoms with Gasteiger partial charge in [-0.15, -0.1) is 12.4 Å². The lowest BCUT2D eigenvalue weighted by atomic mass is 10.0. The Hall–Kier alpha value is -1.92. The number of rotatable bonds is 2. The Bertz CT molecular complexity index is 660. The highest BCUT2D eigenvalue weighted by atomic mass is 35.5. The van der Waals surface area contributed by atoms with E-state index in [4.69, 9.17) is 5.73 Å². The minimum absolute atomic E-state index is 0. The second kappa shape index (κ2) is 6.89. The third-order valence-corrected chi connectivity index (χ3v) is 3.76. The van der Waals surface area contributed by atoms with Crippen LogP contribution in [0.3, 0.4) is 0 Å². The fraction of sp³-hybridized carbons (Fsp3) is 0.333. The zero-order valence-corrected chi connectivity index (χ0v) is 12.8. The van der Waals surface area contributed by atoms with Gasteiger partial charge < -0.3 is 10.6 Å². The number of benzene rings is 1. The van der Waals surface area contributed by atoms with Crippen molar-refractivity contribution in [2.75, 3.05) is 13.1 Å². The molecule has 22 heavy (non-hydrogen) atoms. The first-order chi connectivity index (χ1) is 10.2. The number of carbonyl (C=O) groups excluding carboxylic acids is 1. The Balaban J connectivity index is 0.00000176. The maximum atomic E-state index is 13.9. The van der Waals surface area contributed by atoms with Crippen molar-refractivity contribution in [1.82, 2.24) is 15.1 Å². The molecule has 1 fully saturated rings. The molecule has 2 aromatic rings. The SMILES string of the molecule is Cl.NC1CCCN(C(=O)c2cn[nH]c2-c2ccccc2F)C1. The molecular weight excluding hydrogens is 307 g/mol. The quantitative estimate of drug-likeness (QED) is 0.889. The van der Waals surface area contributed by atoms with Crippen LogP contribution in [0.1, 0.15) is 23.2 Å². The van der Waals surface area contributed by atoms with E-state index in [1.807, 2.05) is 0 Å². The summed E-state index contributed by atoms with van der Waals surface area (Å²) in [5.74, 6) is -0.539. The van der Waals surface area contributed by atoms with Crippen molar-refractivity contribution < 1.29 is 9.18 Å². The Morgan fingerprint density at radius 1 is 1.41 bits per heavy atom. The monoisotopic (exact) mass is 324 g/mol. The minimum Gasteiger partial charge on any atom is -0.337 e. The molecule has 0 spiro atoms. The van der Waals surface area contributed by atoms with Gasteiger partial charge in [0, 0.05) is 24.7 Å². The van der Waals surface area contributed by atoms with Gasteiger partial charge in [0.05, 0.1) is 17.5 Å². The highest BCUT2D eigenvalue weighted by Crippen LogP contribution is 2.25. The van der Waals surface area contributed by atoms with Crippen molar-refractivity contribution in [2.45, 2.75) is 18.9 Å². The van der Waals surface area contributed by atoms with E-state index in [-0.39, 0.29) is 30.2 Å². The summed E-state index contributed by atoms with van der Waals surface area (Å²) in [6.07, 6.45) is 3.26. The maximum Gasteiger partial charge on any atom is 0.257 e. The fourth-order valence-corrected chi connectivity index (χ4v) is 2.68. The molecule has 118 valence electrons. The number of H-pyrrole nitrogens is 1. The van der Waals surface area contributed by atoms with Crippen molar-refractivity contribution in [1.29, 1.82) is 0 Å². The summed E-state index contributed by atoms with van der Waals surface area (Å²) in [6, 6.07) is 6.33. The van der Waals surface area contributed by atoms with Crippen molar-refractivity contribution in [3.8, 4) is 11.3 Å². The molecule has 7 heteroatoms. The van der Waals surface area contributed by atoms with Crippen LogP contribution >= 0.6 is 12.4 Å². The minimum atomic E-state index is -0.383. The van der Waals surface area contributed by atoms with Gasteiger partial charge in [-0.25, -0.2) is 4.39 Å². The lowest BCUT2D eigenvalue weighted by Gasteiger charge is -2.30. The maximum absolute atomic E-state index is 13.9. The summed E-state index contributed by atoms with van der Waals surface area (Å²) < 4.78 is 13.9. The van der Waals surface area contributed by atoms with Crippen LogP contribution in [-0.2, 0) is 0 Å². The van der Waals surface area contributed by atoms with Gasteiger partial charge in [-0.3, -0.25) is 9.89 Å². The predicted molar refractivity (Wildman–Crippen MR) is 84.3 cm³/mol. The average Bonchev–Trinajstić information content (AvgIpc) is 2.96. The Morgan fingerprint density at radius 3 is 2.91 bits per heavy atom. The van der Waals surface area contributed by atoms with Crippen LogP contribution in [-0.4, -0.2) is 40.1 Å². The lowest BCUT2D eigenvalue weighted by Crippen LogP contribution is -2.45. The zero-order valence-electron chi connectivity index (χ0n) is 12.0. The molecule has 3 rings (SSSR count). The van der Waals surface area contributed by atoms with Gasteiger partial charge >= 0.3 is 0 Å². The number of nitrogens with one attached hydrogen (secondary N) is 1. The molecule has 1 aliphatic rings. The number of nitrogens with zero attached hydrogens (tertiary/aromatic N) is 2. The van der Waals surface area contributed by atoms with Crippen molar-refractivity contribution >= 4 is 18.3 Å². The molecule has 1 saturated heterocycles. The normalized spacial score (nSPS) is 17.9. The lowest BCUT2D eigenvalue weighted by molar-refractivity contribution is 0.0709. The van der Waals surface area contributed by atoms with Gasteiger partial charge in [-0.05, 0) is 25.0 Å². The summed E-state index contributed by atoms with van der Waals surface area (Å²) in [7, 11) is 0. The number of carbonyl (C=O) groups is 1. The summed E-state index contributed by atoms with van der Waals surface area (Å²) in [5.41, 5.74) is 7.06. The molecule has 0 radical (unpaired) electrons. The van der Waals surface area contributed by atoms with E-state index >= 15 is 0 Å². The Morgan fingerprint density at radius 2 is 2.18 bits per heavy atom. The zero-order chi connectivity index (χ0) is 14.8. The Labute approximate surface area is 134 Å². The van der Waals surface area contributed by atoms with Crippen molar-refractivity contribution in [3.05, 3.63) is 41.8 Å². The predicted octanol–water partition coefficient (Wildman–Crippen LogP) is 2.20. The number of aromatic amines is 1. The number of hydrogen-bond acceptors (Lipinski definition) is 3. The van der Waals surface area contributed by atoms with E-state index in [1.54, 1.807) is 23.1 Å². The molecule has 0 bridgehead atoms. The van der Waals surface area contributed by atoms with E-state index in [2.05, 4.69) is 10.2 Å². The van der Waals surface area contributed by atoms with Gasteiger partial charge in [-0.1, -0.05) is 12.1 Å². The first-order valence-electron chi connectivity index (χ1n) is 7.00. The average molecular weight is 325 g/mol. The second-order valence-electron chi connectivity index (χ2n) is 5.29. The largest absolute Gasteiger partial charge is 0.337 e. The van der Waals surface area contributed by atoms with Crippen LogP contribution in [0.2, 0.25) is 0 Å². The van der Waals surface area contributed by atoms with Crippen LogP contribution in [0, 0.1) is 5.82 Å². The summed E-state index contributed by atoms with van der Waals surface area (Å²) in [4.78, 5) is 14.3. The van der Waals surface area contributed by atoms with E-state index in [0.29, 0.717) is 29.9 Å². The van der Waals surface area contributed by atoms with E-state index < -0.39 is 0 Å². The van der Waals surface area contributed by atoms with E-state index in [0.717, 1.165) is 12.8 Å². The van der Waals surface area contributed by atoms with Crippen molar-refractivity contribution in [2.24, 2.45) is 5.73 Å². The fourth-order valence-electron chi connectivity index (χ4n) is 2.68. The van der Waals surface area contributed by atoms with Crippen molar-refractivity contribution in [3.63, 3.8) is 0 Å². The molecule has 1 amide bonds. The third-order valence-electron chi connectivity index (χ3n) is 3.76. The number of aromatic nitrogens is 2. The van der Waals surface area contributed by atoms with Crippen LogP contribution in [0.25, 0.3) is 11.3 Å². The molecule has 1 atom stereocenters. The van der Waals surface area contributed by atoms with Gasteiger partial charge in [0.25, 0.3) is 5.91 Å².